The number of anilines is 9. The Labute approximate surface area is 518 Å². The van der Waals surface area contributed by atoms with E-state index >= 15 is 4.39 Å². The highest BCUT2D eigenvalue weighted by molar-refractivity contribution is 7.02. The fourth-order valence-corrected chi connectivity index (χ4v) is 15.4. The molecule has 0 radical (unpaired) electrons. The summed E-state index contributed by atoms with van der Waals surface area (Å²) >= 11 is 0. The summed E-state index contributed by atoms with van der Waals surface area (Å²) < 4.78 is 29.3. The molecule has 4 aliphatic heterocycles. The Bertz CT molecular complexity index is 5330. The Hall–Kier alpha value is -10.5. The highest BCUT2D eigenvalue weighted by Crippen LogP contribution is 2.50. The molecule has 18 rings (SSSR count). The van der Waals surface area contributed by atoms with Crippen molar-refractivity contribution in [1.29, 1.82) is 0 Å². The second kappa shape index (κ2) is 18.8. The second-order valence-corrected chi connectivity index (χ2v) is 26.6. The third kappa shape index (κ3) is 7.51. The molecule has 0 spiro atoms. The first-order valence-corrected chi connectivity index (χ1v) is 31.1. The SMILES string of the molecule is CC(C)(C)c1ccc2c3ccccc3n(-c3cc4c5c(c3)N(c3ccccc3)c3cc6c(cc3B5c3ccccc3O4)B3c4ccccc4N(c4ccccc4F)c4cc(-n5c7ccccc7c7ccc(C(C)(C)C)cc75)cc(c43)N6c3ccccc3)c2c1. The van der Waals surface area contributed by atoms with Crippen molar-refractivity contribution in [3.05, 3.63) is 272 Å². The van der Waals surface area contributed by atoms with E-state index in [2.05, 4.69) is 296 Å². The van der Waals surface area contributed by atoms with E-state index in [0.29, 0.717) is 5.69 Å². The topological polar surface area (TPSA) is 28.8 Å². The van der Waals surface area contributed by atoms with Crippen molar-refractivity contribution < 1.29 is 9.13 Å². The zero-order chi connectivity index (χ0) is 59.8. The van der Waals surface area contributed by atoms with E-state index in [9.17, 15) is 0 Å². The highest BCUT2D eigenvalue weighted by Gasteiger charge is 2.48. The first-order valence-electron chi connectivity index (χ1n) is 31.1. The lowest BCUT2D eigenvalue weighted by atomic mass is 9.30. The molecule has 0 N–H and O–H groups in total. The monoisotopic (exact) mass is 1150 g/mol. The van der Waals surface area contributed by atoms with E-state index in [1.165, 1.54) is 43.6 Å². The van der Waals surface area contributed by atoms with Crippen LogP contribution in [0.15, 0.2) is 255 Å². The number of hydrogen-bond acceptors (Lipinski definition) is 4. The van der Waals surface area contributed by atoms with Crippen LogP contribution in [0.4, 0.5) is 55.6 Å². The van der Waals surface area contributed by atoms with Crippen molar-refractivity contribution in [1.82, 2.24) is 9.13 Å². The van der Waals surface area contributed by atoms with Gasteiger partial charge < -0.3 is 28.6 Å². The molecule has 0 saturated carbocycles. The van der Waals surface area contributed by atoms with Crippen molar-refractivity contribution >= 4 is 141 Å². The first kappa shape index (κ1) is 51.7. The highest BCUT2D eigenvalue weighted by atomic mass is 19.1. The number of halogens is 1. The molecule has 0 atom stereocenters. The molecular weight excluding hydrogens is 1090 g/mol. The van der Waals surface area contributed by atoms with Crippen molar-refractivity contribution in [2.24, 2.45) is 0 Å². The Morgan fingerprint density at radius 3 is 1.33 bits per heavy atom. The molecule has 0 bridgehead atoms. The Balaban J connectivity index is 0.960. The summed E-state index contributed by atoms with van der Waals surface area (Å²) in [5, 5.41) is 4.77. The average Bonchev–Trinajstić information content (AvgIpc) is 0.963. The Kier molecular flexibility index (Phi) is 10.9. The molecule has 6 nitrogen and oxygen atoms in total. The Morgan fingerprint density at radius 1 is 0.303 bits per heavy atom. The van der Waals surface area contributed by atoms with Crippen LogP contribution in [0.3, 0.4) is 0 Å². The predicted octanol–water partition coefficient (Wildman–Crippen LogP) is 17.1. The van der Waals surface area contributed by atoms with E-state index in [1.54, 1.807) is 12.1 Å². The van der Waals surface area contributed by atoms with Gasteiger partial charge in [-0.05, 0) is 152 Å². The van der Waals surface area contributed by atoms with Gasteiger partial charge in [0.2, 0.25) is 0 Å². The maximum atomic E-state index is 17.1. The van der Waals surface area contributed by atoms with Gasteiger partial charge in [0.1, 0.15) is 17.3 Å². The summed E-state index contributed by atoms with van der Waals surface area (Å²) in [6.45, 7) is 13.3. The number of para-hydroxylation sites is 7. The summed E-state index contributed by atoms with van der Waals surface area (Å²) in [5.41, 5.74) is 24.3. The molecule has 12 aromatic carbocycles. The molecule has 0 saturated heterocycles. The first-order chi connectivity index (χ1) is 43.4. The normalized spacial score (nSPS) is 13.8. The Morgan fingerprint density at radius 2 is 0.753 bits per heavy atom. The summed E-state index contributed by atoms with van der Waals surface area (Å²) in [6, 6.07) is 92.4. The number of rotatable bonds is 5. The lowest BCUT2D eigenvalue weighted by Gasteiger charge is -2.46. The molecular formula is C80H60B2FN5O. The van der Waals surface area contributed by atoms with Gasteiger partial charge in [-0.2, -0.15) is 0 Å². The van der Waals surface area contributed by atoms with Crippen LogP contribution < -0.4 is 52.2 Å². The predicted molar refractivity (Wildman–Crippen MR) is 372 cm³/mol. The quantitative estimate of drug-likeness (QED) is 0.161. The largest absolute Gasteiger partial charge is 0.458 e. The van der Waals surface area contributed by atoms with Crippen molar-refractivity contribution in [2.75, 3.05) is 14.7 Å². The maximum absolute atomic E-state index is 17.1. The zero-order valence-corrected chi connectivity index (χ0v) is 50.4. The molecule has 424 valence electrons. The minimum absolute atomic E-state index is 0.0678. The average molecular weight is 1150 g/mol. The van der Waals surface area contributed by atoms with Gasteiger partial charge in [-0.15, -0.1) is 0 Å². The van der Waals surface area contributed by atoms with Crippen LogP contribution in [-0.4, -0.2) is 22.6 Å². The summed E-state index contributed by atoms with van der Waals surface area (Å²) in [6.07, 6.45) is 0. The second-order valence-electron chi connectivity index (χ2n) is 26.6. The summed E-state index contributed by atoms with van der Waals surface area (Å²) in [7, 11) is 0. The van der Waals surface area contributed by atoms with Gasteiger partial charge in [0.15, 0.2) is 0 Å². The molecule has 2 aromatic heterocycles. The third-order valence-corrected chi connectivity index (χ3v) is 19.5. The number of aromatic nitrogens is 2. The van der Waals surface area contributed by atoms with Crippen LogP contribution in [0.2, 0.25) is 0 Å². The van der Waals surface area contributed by atoms with Gasteiger partial charge in [0.25, 0.3) is 13.4 Å². The molecule has 89 heavy (non-hydrogen) atoms. The molecule has 0 unspecified atom stereocenters. The van der Waals surface area contributed by atoms with Gasteiger partial charge in [-0.3, -0.25) is 0 Å². The number of nitrogens with zero attached hydrogens (tertiary/aromatic N) is 5. The number of hydrogen-bond donors (Lipinski definition) is 0. The lowest BCUT2D eigenvalue weighted by Crippen LogP contribution is -2.64. The van der Waals surface area contributed by atoms with Crippen LogP contribution in [-0.2, 0) is 10.8 Å². The van der Waals surface area contributed by atoms with E-state index in [0.717, 1.165) is 112 Å². The lowest BCUT2D eigenvalue weighted by molar-refractivity contribution is 0.487. The van der Waals surface area contributed by atoms with E-state index in [4.69, 9.17) is 4.74 Å². The van der Waals surface area contributed by atoms with Crippen molar-refractivity contribution in [3.63, 3.8) is 0 Å². The zero-order valence-electron chi connectivity index (χ0n) is 50.4. The van der Waals surface area contributed by atoms with Gasteiger partial charge in [-0.1, -0.05) is 193 Å². The standard InChI is InChI=1S/C80H60B2FN5O/c1-79(2,3)49-37-39-57-55-27-13-18-32-64(55)86(68(57)41-49)53-43-72-77-73(44-53)88(67-35-21-17-31-63(67)83)66-34-20-15-29-59(66)81(77)61-47-62-71(48-70(61)84(72)51-23-9-7-10-24-51)85(52-25-11-8-12-26-52)74-45-54(46-76-78(74)82(62)60-30-16-22-36-75(60)89-76)87-65-33-19-14-28-56(65)58-40-38-50(42-69(58)87)80(4,5)6/h7-48H,1-6H3. The minimum atomic E-state index is -0.290. The number of ether oxygens (including phenoxy) is 1. The molecule has 14 aromatic rings. The van der Waals surface area contributed by atoms with Crippen LogP contribution in [0.25, 0.3) is 55.0 Å². The van der Waals surface area contributed by atoms with Gasteiger partial charge in [0.05, 0.1) is 39.1 Å². The molecule has 9 heteroatoms. The third-order valence-electron chi connectivity index (χ3n) is 19.5. The number of benzene rings is 12. The molecule has 4 aliphatic rings. The molecule has 0 aliphatic carbocycles. The van der Waals surface area contributed by atoms with Crippen LogP contribution in [0, 0.1) is 5.82 Å². The molecule has 0 fully saturated rings. The summed E-state index contributed by atoms with van der Waals surface area (Å²) in [4.78, 5) is 7.19. The smallest absolute Gasteiger partial charge is 0.256 e. The van der Waals surface area contributed by atoms with Crippen LogP contribution >= 0.6 is 0 Å². The van der Waals surface area contributed by atoms with E-state index in [1.807, 2.05) is 12.1 Å². The minimum Gasteiger partial charge on any atom is -0.458 e. The van der Waals surface area contributed by atoms with Crippen molar-refractivity contribution in [3.8, 4) is 22.9 Å². The maximum Gasteiger partial charge on any atom is 0.256 e. The fraction of sp³-hybridized carbons (Fsp3) is 0.100. The molecule has 6 heterocycles. The van der Waals surface area contributed by atoms with E-state index < -0.39 is 0 Å². The van der Waals surface area contributed by atoms with Crippen molar-refractivity contribution in [2.45, 2.75) is 52.4 Å². The van der Waals surface area contributed by atoms with Gasteiger partial charge >= 0.3 is 0 Å². The number of fused-ring (bicyclic) bond motifs is 14. The molecule has 0 amide bonds. The van der Waals surface area contributed by atoms with Crippen LogP contribution in [0.1, 0.15) is 52.7 Å². The fourth-order valence-electron chi connectivity index (χ4n) is 15.4. The van der Waals surface area contributed by atoms with Gasteiger partial charge in [0, 0.05) is 73.1 Å². The van der Waals surface area contributed by atoms with Gasteiger partial charge in [-0.25, -0.2) is 4.39 Å². The van der Waals surface area contributed by atoms with Crippen LogP contribution in [0.5, 0.6) is 11.5 Å². The summed E-state index contributed by atoms with van der Waals surface area (Å²) in [5.74, 6) is 1.38. The van der Waals surface area contributed by atoms with E-state index in [-0.39, 0.29) is 30.1 Å².